The van der Waals surface area contributed by atoms with Gasteiger partial charge >= 0.3 is 5.97 Å². The number of carboxylic acids is 1. The zero-order chi connectivity index (χ0) is 13.6. The van der Waals surface area contributed by atoms with Crippen molar-refractivity contribution < 1.29 is 18.3 Å². The lowest BCUT2D eigenvalue weighted by molar-refractivity contribution is -0.138. The molecule has 0 saturated carbocycles. The van der Waals surface area contributed by atoms with Gasteiger partial charge in [-0.2, -0.15) is 0 Å². The Bertz CT molecular complexity index is 510. The average molecular weight is 269 g/mol. The van der Waals surface area contributed by atoms with Crippen molar-refractivity contribution in [3.63, 3.8) is 0 Å². The summed E-state index contributed by atoms with van der Waals surface area (Å²) in [6, 6.07) is 7.67. The van der Waals surface area contributed by atoms with Crippen LogP contribution in [0.1, 0.15) is 5.56 Å². The van der Waals surface area contributed by atoms with Crippen LogP contribution in [0.2, 0.25) is 0 Å². The van der Waals surface area contributed by atoms with Crippen LogP contribution >= 0.6 is 0 Å². The van der Waals surface area contributed by atoms with Gasteiger partial charge in [0.2, 0.25) is 10.0 Å². The summed E-state index contributed by atoms with van der Waals surface area (Å²) >= 11 is 0. The molecule has 6 heteroatoms. The second kappa shape index (κ2) is 6.32. The van der Waals surface area contributed by atoms with E-state index >= 15 is 0 Å². The first kappa shape index (κ1) is 14.4. The van der Waals surface area contributed by atoms with Gasteiger partial charge in [0.25, 0.3) is 0 Å². The molecule has 18 heavy (non-hydrogen) atoms. The topological polar surface area (TPSA) is 83.5 Å². The number of hydrogen-bond donors (Lipinski definition) is 2. The minimum atomic E-state index is -3.64. The number of carboxylic acid groups (broad SMARTS) is 1. The van der Waals surface area contributed by atoms with Gasteiger partial charge in [-0.05, 0) is 12.0 Å². The van der Waals surface area contributed by atoms with Crippen molar-refractivity contribution in [2.45, 2.75) is 12.5 Å². The van der Waals surface area contributed by atoms with Crippen molar-refractivity contribution in [3.05, 3.63) is 48.6 Å². The van der Waals surface area contributed by atoms with Crippen LogP contribution < -0.4 is 4.72 Å². The summed E-state index contributed by atoms with van der Waals surface area (Å²) in [4.78, 5) is 11.0. The third kappa shape index (κ3) is 4.68. The quantitative estimate of drug-likeness (QED) is 0.717. The van der Waals surface area contributed by atoms with Gasteiger partial charge in [0.05, 0.1) is 5.75 Å². The Morgan fingerprint density at radius 2 is 2.00 bits per heavy atom. The van der Waals surface area contributed by atoms with E-state index in [2.05, 4.69) is 11.3 Å². The van der Waals surface area contributed by atoms with Crippen molar-refractivity contribution in [2.24, 2.45) is 0 Å². The number of hydrogen-bond acceptors (Lipinski definition) is 3. The van der Waals surface area contributed by atoms with Crippen LogP contribution in [0.25, 0.3) is 0 Å². The van der Waals surface area contributed by atoms with Crippen LogP contribution in [0.15, 0.2) is 43.0 Å². The average Bonchev–Trinajstić information content (AvgIpc) is 2.29. The largest absolute Gasteiger partial charge is 0.480 e. The van der Waals surface area contributed by atoms with Crippen molar-refractivity contribution >= 4 is 16.0 Å². The third-order valence-electron chi connectivity index (χ3n) is 2.24. The van der Waals surface area contributed by atoms with E-state index in [1.165, 1.54) is 6.08 Å². The second-order valence-electron chi connectivity index (χ2n) is 3.77. The van der Waals surface area contributed by atoms with Gasteiger partial charge in [-0.25, -0.2) is 13.1 Å². The highest BCUT2D eigenvalue weighted by atomic mass is 32.2. The molecule has 0 heterocycles. The number of rotatable bonds is 7. The molecule has 0 aliphatic carbocycles. The summed E-state index contributed by atoms with van der Waals surface area (Å²) < 4.78 is 25.1. The molecule has 0 aromatic heterocycles. The summed E-state index contributed by atoms with van der Waals surface area (Å²) in [5, 5.41) is 9.01. The normalized spacial score (nSPS) is 12.9. The van der Waals surface area contributed by atoms with Gasteiger partial charge in [-0.3, -0.25) is 4.79 Å². The second-order valence-corrected chi connectivity index (χ2v) is 5.57. The maximum absolute atomic E-state index is 11.5. The SMILES string of the molecule is C=CCS(=O)(=O)N[C@@H](Cc1ccccc1)C(=O)O. The Morgan fingerprint density at radius 3 is 2.50 bits per heavy atom. The maximum Gasteiger partial charge on any atom is 0.322 e. The molecule has 0 radical (unpaired) electrons. The van der Waals surface area contributed by atoms with Crippen LogP contribution in [0.5, 0.6) is 0 Å². The molecule has 0 amide bonds. The molecular formula is C12H15NO4S. The van der Waals surface area contributed by atoms with E-state index in [1.54, 1.807) is 30.3 Å². The molecule has 0 aliphatic rings. The zero-order valence-electron chi connectivity index (χ0n) is 9.74. The maximum atomic E-state index is 11.5. The van der Waals surface area contributed by atoms with E-state index < -0.39 is 22.0 Å². The summed E-state index contributed by atoms with van der Waals surface area (Å²) in [5.74, 6) is -1.50. The van der Waals surface area contributed by atoms with Crippen LogP contribution in [0.3, 0.4) is 0 Å². The minimum absolute atomic E-state index is 0.104. The number of benzene rings is 1. The number of sulfonamides is 1. The van der Waals surface area contributed by atoms with Gasteiger partial charge < -0.3 is 5.11 Å². The summed E-state index contributed by atoms with van der Waals surface area (Å²) in [5.41, 5.74) is 0.756. The number of carbonyl (C=O) groups is 1. The smallest absolute Gasteiger partial charge is 0.322 e. The van der Waals surface area contributed by atoms with Crippen LogP contribution in [0.4, 0.5) is 0 Å². The fourth-order valence-corrected chi connectivity index (χ4v) is 2.47. The molecule has 0 fully saturated rings. The fraction of sp³-hybridized carbons (Fsp3) is 0.250. The van der Waals surface area contributed by atoms with Gasteiger partial charge in [0, 0.05) is 0 Å². The standard InChI is InChI=1S/C12H15NO4S/c1-2-8-18(16,17)13-11(12(14)15)9-10-6-4-3-5-7-10/h2-7,11,13H,1,8-9H2,(H,14,15)/t11-/m0/s1. The zero-order valence-corrected chi connectivity index (χ0v) is 10.6. The minimum Gasteiger partial charge on any atom is -0.480 e. The first-order valence-corrected chi connectivity index (χ1v) is 6.97. The molecule has 5 nitrogen and oxygen atoms in total. The molecule has 1 aromatic rings. The van der Waals surface area contributed by atoms with Crippen molar-refractivity contribution in [1.82, 2.24) is 4.72 Å². The Balaban J connectivity index is 2.79. The Labute approximate surface area is 106 Å². The van der Waals surface area contributed by atoms with E-state index in [9.17, 15) is 13.2 Å². The molecule has 1 atom stereocenters. The fourth-order valence-electron chi connectivity index (χ4n) is 1.45. The molecule has 1 rings (SSSR count). The van der Waals surface area contributed by atoms with Crippen molar-refractivity contribution in [1.29, 1.82) is 0 Å². The lowest BCUT2D eigenvalue weighted by Gasteiger charge is -2.14. The Hall–Kier alpha value is -1.66. The van der Waals surface area contributed by atoms with E-state index in [4.69, 9.17) is 5.11 Å². The predicted octanol–water partition coefficient (Wildman–Crippen LogP) is 0.788. The Kier molecular flexibility index (Phi) is 5.06. The first-order chi connectivity index (χ1) is 8.44. The van der Waals surface area contributed by atoms with Crippen molar-refractivity contribution in [3.8, 4) is 0 Å². The highest BCUT2D eigenvalue weighted by molar-refractivity contribution is 7.89. The number of nitrogens with one attached hydrogen (secondary N) is 1. The lowest BCUT2D eigenvalue weighted by Crippen LogP contribution is -2.43. The molecule has 98 valence electrons. The molecule has 0 saturated heterocycles. The first-order valence-electron chi connectivity index (χ1n) is 5.32. The van der Waals surface area contributed by atoms with Crippen LogP contribution in [-0.2, 0) is 21.2 Å². The lowest BCUT2D eigenvalue weighted by atomic mass is 10.1. The summed E-state index contributed by atoms with van der Waals surface area (Å²) in [7, 11) is -3.64. The Morgan fingerprint density at radius 1 is 1.39 bits per heavy atom. The third-order valence-corrected chi connectivity index (χ3v) is 3.56. The van der Waals surface area contributed by atoms with E-state index in [-0.39, 0.29) is 12.2 Å². The molecular weight excluding hydrogens is 254 g/mol. The van der Waals surface area contributed by atoms with Crippen molar-refractivity contribution in [2.75, 3.05) is 5.75 Å². The highest BCUT2D eigenvalue weighted by Gasteiger charge is 2.23. The summed E-state index contributed by atoms with van der Waals surface area (Å²) in [6.45, 7) is 3.32. The van der Waals surface area contributed by atoms with E-state index in [1.807, 2.05) is 0 Å². The molecule has 0 spiro atoms. The number of aliphatic carboxylic acids is 1. The molecule has 1 aromatic carbocycles. The van der Waals surface area contributed by atoms with Gasteiger partial charge in [0.1, 0.15) is 6.04 Å². The van der Waals surface area contributed by atoms with E-state index in [0.717, 1.165) is 5.56 Å². The van der Waals surface area contributed by atoms with Crippen LogP contribution in [-0.4, -0.2) is 31.3 Å². The predicted molar refractivity (Wildman–Crippen MR) is 68.7 cm³/mol. The highest BCUT2D eigenvalue weighted by Crippen LogP contribution is 2.04. The monoisotopic (exact) mass is 269 g/mol. The molecule has 0 unspecified atom stereocenters. The van der Waals surface area contributed by atoms with E-state index in [0.29, 0.717) is 0 Å². The summed E-state index contributed by atoms with van der Waals surface area (Å²) in [6.07, 6.45) is 1.32. The van der Waals surface area contributed by atoms with Gasteiger partial charge in [-0.1, -0.05) is 36.4 Å². The molecule has 0 aliphatic heterocycles. The molecule has 2 N–H and O–H groups in total. The van der Waals surface area contributed by atoms with Gasteiger partial charge in [0.15, 0.2) is 0 Å². The molecule has 0 bridgehead atoms. The van der Waals surface area contributed by atoms with Crippen LogP contribution in [0, 0.1) is 0 Å². The van der Waals surface area contributed by atoms with Gasteiger partial charge in [-0.15, -0.1) is 6.58 Å².